The molecule has 2 aliphatic rings. The topological polar surface area (TPSA) is 113 Å². The van der Waals surface area contributed by atoms with Crippen LogP contribution in [-0.2, 0) is 16.0 Å². The minimum absolute atomic E-state index is 0.123. The Morgan fingerprint density at radius 1 is 1.12 bits per heavy atom. The van der Waals surface area contributed by atoms with Crippen LogP contribution in [-0.4, -0.2) is 86.7 Å². The van der Waals surface area contributed by atoms with E-state index in [0.29, 0.717) is 54.6 Å². The number of benzene rings is 2. The van der Waals surface area contributed by atoms with E-state index in [1.54, 1.807) is 57.0 Å². The number of carbonyl (C=O) groups is 3. The number of amides is 3. The number of halogens is 2. The number of aliphatic hydroxyl groups excluding tert-OH is 1. The fourth-order valence-electron chi connectivity index (χ4n) is 5.65. The first-order chi connectivity index (χ1) is 19.2. The van der Waals surface area contributed by atoms with Crippen molar-refractivity contribution in [1.82, 2.24) is 14.7 Å². The number of aliphatic hydroxyl groups is 1. The SMILES string of the molecule is CN(C(=O)Cc1ccc(Cl)c(Cl)c1)[C@H](CN1CC[C@H](O)C1)c1cccc(NC(=O)C2(N(C(=O)O)C(C)(C)C)CC2)c1. The summed E-state index contributed by atoms with van der Waals surface area (Å²) in [5.41, 5.74) is 0.214. The smallest absolute Gasteiger partial charge is 0.408 e. The lowest BCUT2D eigenvalue weighted by atomic mass is 10.0. The molecule has 1 saturated heterocycles. The van der Waals surface area contributed by atoms with Crippen LogP contribution in [0.3, 0.4) is 0 Å². The van der Waals surface area contributed by atoms with Crippen molar-refractivity contribution in [3.05, 3.63) is 63.6 Å². The molecule has 3 amide bonds. The third-order valence-corrected chi connectivity index (χ3v) is 8.58. The van der Waals surface area contributed by atoms with E-state index < -0.39 is 23.3 Å². The maximum Gasteiger partial charge on any atom is 0.408 e. The second-order valence-corrected chi connectivity index (χ2v) is 12.9. The third-order valence-electron chi connectivity index (χ3n) is 7.84. The Hall–Kier alpha value is -2.85. The van der Waals surface area contributed by atoms with Crippen molar-refractivity contribution in [1.29, 1.82) is 0 Å². The van der Waals surface area contributed by atoms with Crippen molar-refractivity contribution in [2.45, 2.75) is 69.7 Å². The van der Waals surface area contributed by atoms with Gasteiger partial charge in [-0.25, -0.2) is 4.79 Å². The maximum atomic E-state index is 13.4. The van der Waals surface area contributed by atoms with Gasteiger partial charge in [0.1, 0.15) is 5.54 Å². The van der Waals surface area contributed by atoms with Crippen LogP contribution in [0.2, 0.25) is 10.0 Å². The lowest BCUT2D eigenvalue weighted by Crippen LogP contribution is -2.57. The van der Waals surface area contributed by atoms with Gasteiger partial charge in [0.15, 0.2) is 0 Å². The zero-order chi connectivity index (χ0) is 30.1. The third kappa shape index (κ3) is 7.15. The van der Waals surface area contributed by atoms with Crippen LogP contribution < -0.4 is 5.32 Å². The largest absolute Gasteiger partial charge is 0.465 e. The molecule has 1 aliphatic carbocycles. The van der Waals surface area contributed by atoms with Gasteiger partial charge in [-0.05, 0) is 75.4 Å². The Kier molecular flexibility index (Phi) is 9.23. The summed E-state index contributed by atoms with van der Waals surface area (Å²) < 4.78 is 0. The number of rotatable bonds is 9. The van der Waals surface area contributed by atoms with Crippen LogP contribution in [0.4, 0.5) is 10.5 Å². The molecule has 2 atom stereocenters. The van der Waals surface area contributed by atoms with Gasteiger partial charge in [-0.1, -0.05) is 41.4 Å². The predicted octanol–water partition coefficient (Wildman–Crippen LogP) is 5.05. The minimum atomic E-state index is -1.13. The molecule has 2 fully saturated rings. The number of carbonyl (C=O) groups excluding carboxylic acids is 2. The lowest BCUT2D eigenvalue weighted by molar-refractivity contribution is -0.131. The minimum Gasteiger partial charge on any atom is -0.465 e. The Morgan fingerprint density at radius 3 is 2.39 bits per heavy atom. The lowest BCUT2D eigenvalue weighted by Gasteiger charge is -2.39. The van der Waals surface area contributed by atoms with E-state index in [1.165, 1.54) is 4.90 Å². The second-order valence-electron chi connectivity index (χ2n) is 12.0. The highest BCUT2D eigenvalue weighted by molar-refractivity contribution is 6.42. The van der Waals surface area contributed by atoms with Gasteiger partial charge in [-0.15, -0.1) is 0 Å². The molecule has 2 aromatic carbocycles. The summed E-state index contributed by atoms with van der Waals surface area (Å²) in [6, 6.07) is 12.1. The first kappa shape index (κ1) is 31.1. The molecule has 2 aromatic rings. The van der Waals surface area contributed by atoms with E-state index in [1.807, 2.05) is 18.2 Å². The number of likely N-dealkylation sites (tertiary alicyclic amines) is 1. The highest BCUT2D eigenvalue weighted by atomic mass is 35.5. The molecule has 0 spiro atoms. The maximum absolute atomic E-state index is 13.4. The van der Waals surface area contributed by atoms with Crippen LogP contribution in [0.5, 0.6) is 0 Å². The average molecular weight is 606 g/mol. The van der Waals surface area contributed by atoms with E-state index in [4.69, 9.17) is 23.2 Å². The van der Waals surface area contributed by atoms with Crippen LogP contribution in [0, 0.1) is 0 Å². The number of carboxylic acid groups (broad SMARTS) is 1. The molecule has 3 N–H and O–H groups in total. The van der Waals surface area contributed by atoms with Crippen LogP contribution >= 0.6 is 23.2 Å². The van der Waals surface area contributed by atoms with Crippen molar-refractivity contribution >= 4 is 46.8 Å². The zero-order valence-electron chi connectivity index (χ0n) is 23.9. The Labute approximate surface area is 251 Å². The quantitative estimate of drug-likeness (QED) is 0.369. The Bertz CT molecular complexity index is 1310. The zero-order valence-corrected chi connectivity index (χ0v) is 25.4. The van der Waals surface area contributed by atoms with Gasteiger partial charge >= 0.3 is 6.09 Å². The normalized spacial score (nSPS) is 19.0. The van der Waals surface area contributed by atoms with Crippen molar-refractivity contribution < 1.29 is 24.6 Å². The van der Waals surface area contributed by atoms with Crippen molar-refractivity contribution in [3.63, 3.8) is 0 Å². The summed E-state index contributed by atoms with van der Waals surface area (Å²) >= 11 is 12.2. The van der Waals surface area contributed by atoms with Gasteiger partial charge in [-0.2, -0.15) is 0 Å². The number of nitrogens with zero attached hydrogens (tertiary/aromatic N) is 3. The van der Waals surface area contributed by atoms with Gasteiger partial charge in [0.25, 0.3) is 5.91 Å². The summed E-state index contributed by atoms with van der Waals surface area (Å²) in [4.78, 5) is 44.0. The summed E-state index contributed by atoms with van der Waals surface area (Å²) in [5, 5.41) is 23.7. The van der Waals surface area contributed by atoms with Gasteiger partial charge in [0, 0.05) is 37.9 Å². The van der Waals surface area contributed by atoms with Crippen LogP contribution in [0.1, 0.15) is 57.2 Å². The first-order valence-corrected chi connectivity index (χ1v) is 14.5. The summed E-state index contributed by atoms with van der Waals surface area (Å²) in [6.07, 6.45) is 0.160. The van der Waals surface area contributed by atoms with Crippen LogP contribution in [0.25, 0.3) is 0 Å². The molecule has 9 nitrogen and oxygen atoms in total. The number of anilines is 1. The molecule has 1 heterocycles. The molecule has 4 rings (SSSR count). The Morgan fingerprint density at radius 2 is 1.83 bits per heavy atom. The van der Waals surface area contributed by atoms with Gasteiger partial charge in [-0.3, -0.25) is 19.4 Å². The van der Waals surface area contributed by atoms with E-state index in [9.17, 15) is 24.6 Å². The summed E-state index contributed by atoms with van der Waals surface area (Å²) in [7, 11) is 1.75. The van der Waals surface area contributed by atoms with Crippen molar-refractivity contribution in [2.75, 3.05) is 32.0 Å². The predicted molar refractivity (Wildman–Crippen MR) is 159 cm³/mol. The summed E-state index contributed by atoms with van der Waals surface area (Å²) in [6.45, 7) is 7.06. The standard InChI is InChI=1S/C30H38Cl2N4O5/c1-29(2,3)36(28(40)41)30(11-12-30)27(39)33-21-7-5-6-20(16-21)25(18-35-13-10-22(37)17-35)34(4)26(38)15-19-8-9-23(31)24(32)14-19/h5-9,14,16,22,25,37H,10-13,15,17-18H2,1-4H3,(H,33,39)(H,40,41)/t22-,25+/m0/s1. The Balaban J connectivity index is 1.57. The van der Waals surface area contributed by atoms with Crippen molar-refractivity contribution in [3.8, 4) is 0 Å². The average Bonchev–Trinajstić information content (AvgIpc) is 3.56. The highest BCUT2D eigenvalue weighted by Gasteiger charge is 2.59. The molecule has 0 bridgehead atoms. The number of β-amino-alcohol motifs (C(OH)–C–C–N with tert-alkyl or cyclic N) is 1. The molecule has 11 heteroatoms. The van der Waals surface area contributed by atoms with E-state index in [0.717, 1.165) is 11.1 Å². The molecule has 0 unspecified atom stereocenters. The molecule has 41 heavy (non-hydrogen) atoms. The molecule has 222 valence electrons. The van der Waals surface area contributed by atoms with Gasteiger partial charge in [0.05, 0.1) is 28.6 Å². The number of hydrogen-bond donors (Lipinski definition) is 3. The number of nitrogens with one attached hydrogen (secondary N) is 1. The van der Waals surface area contributed by atoms with Crippen molar-refractivity contribution in [2.24, 2.45) is 0 Å². The molecular formula is C30H38Cl2N4O5. The molecule has 1 saturated carbocycles. The summed E-state index contributed by atoms with van der Waals surface area (Å²) in [5.74, 6) is -0.489. The monoisotopic (exact) mass is 604 g/mol. The van der Waals surface area contributed by atoms with Gasteiger partial charge in [0.2, 0.25) is 5.91 Å². The molecular weight excluding hydrogens is 567 g/mol. The van der Waals surface area contributed by atoms with E-state index in [-0.39, 0.29) is 24.3 Å². The first-order valence-electron chi connectivity index (χ1n) is 13.8. The molecule has 1 aliphatic heterocycles. The second kappa shape index (κ2) is 12.2. The van der Waals surface area contributed by atoms with Crippen LogP contribution in [0.15, 0.2) is 42.5 Å². The number of hydrogen-bond acceptors (Lipinski definition) is 5. The fraction of sp³-hybridized carbons (Fsp3) is 0.500. The fourth-order valence-corrected chi connectivity index (χ4v) is 5.97. The highest BCUT2D eigenvalue weighted by Crippen LogP contribution is 2.46. The molecule has 0 aromatic heterocycles. The molecule has 0 radical (unpaired) electrons. The van der Waals surface area contributed by atoms with E-state index >= 15 is 0 Å². The number of likely N-dealkylation sites (N-methyl/N-ethyl adjacent to an activating group) is 1. The van der Waals surface area contributed by atoms with E-state index in [2.05, 4.69) is 10.2 Å². The van der Waals surface area contributed by atoms with Gasteiger partial charge < -0.3 is 20.4 Å².